The molecule has 0 aliphatic carbocycles. The Bertz CT molecular complexity index is 710. The van der Waals surface area contributed by atoms with Gasteiger partial charge in [0.25, 0.3) is 0 Å². The lowest BCUT2D eigenvalue weighted by molar-refractivity contribution is 0.252. The van der Waals surface area contributed by atoms with Gasteiger partial charge in [-0.1, -0.05) is 0 Å². The van der Waals surface area contributed by atoms with Crippen LogP contribution in [0, 0.1) is 11.6 Å². The first-order chi connectivity index (χ1) is 11.5. The van der Waals surface area contributed by atoms with Gasteiger partial charge in [0, 0.05) is 39.3 Å². The molecule has 128 valence electrons. The van der Waals surface area contributed by atoms with Gasteiger partial charge >= 0.3 is 6.03 Å². The summed E-state index contributed by atoms with van der Waals surface area (Å²) >= 11 is 0. The second kappa shape index (κ2) is 8.04. The predicted octanol–water partition coefficient (Wildman–Crippen LogP) is 2.05. The Morgan fingerprint density at radius 2 is 2.00 bits per heavy atom. The van der Waals surface area contributed by atoms with Crippen LogP contribution in [0.3, 0.4) is 0 Å². The minimum Gasteiger partial charge on any atom is -0.376 e. The number of aromatic nitrogens is 2. The van der Waals surface area contributed by atoms with E-state index in [0.717, 1.165) is 23.9 Å². The minimum atomic E-state index is -0.708. The summed E-state index contributed by atoms with van der Waals surface area (Å²) in [6, 6.07) is 4.02. The Morgan fingerprint density at radius 1 is 1.21 bits per heavy atom. The fourth-order valence-corrected chi connectivity index (χ4v) is 1.81. The molecule has 3 N–H and O–H groups in total. The first-order valence-corrected chi connectivity index (χ1v) is 7.19. The average molecular weight is 336 g/mol. The van der Waals surface area contributed by atoms with E-state index in [1.165, 1.54) is 0 Å². The lowest BCUT2D eigenvalue weighted by Gasteiger charge is -2.13. The topological polar surface area (TPSA) is 82.2 Å². The Morgan fingerprint density at radius 3 is 2.75 bits per heavy atom. The van der Waals surface area contributed by atoms with Gasteiger partial charge < -0.3 is 20.9 Å². The molecule has 2 rings (SSSR count). The summed E-state index contributed by atoms with van der Waals surface area (Å²) in [5.74, 6) is -0.771. The summed E-state index contributed by atoms with van der Waals surface area (Å²) in [5.41, 5.74) is 0.671. The van der Waals surface area contributed by atoms with Crippen molar-refractivity contribution in [2.75, 3.05) is 42.7 Å². The predicted molar refractivity (Wildman–Crippen MR) is 88.2 cm³/mol. The van der Waals surface area contributed by atoms with E-state index in [0.29, 0.717) is 12.4 Å². The minimum absolute atomic E-state index is 0.218. The summed E-state index contributed by atoms with van der Waals surface area (Å²) in [4.78, 5) is 13.5. The first-order valence-electron chi connectivity index (χ1n) is 7.19. The molecule has 7 nitrogen and oxygen atoms in total. The van der Waals surface area contributed by atoms with Crippen molar-refractivity contribution >= 4 is 23.2 Å². The van der Waals surface area contributed by atoms with E-state index in [1.54, 1.807) is 6.20 Å². The fourth-order valence-electron chi connectivity index (χ4n) is 1.81. The van der Waals surface area contributed by atoms with Crippen LogP contribution in [0.2, 0.25) is 0 Å². The number of anilines is 3. The van der Waals surface area contributed by atoms with Gasteiger partial charge in [-0.25, -0.2) is 13.6 Å². The lowest BCUT2D eigenvalue weighted by Crippen LogP contribution is -2.33. The van der Waals surface area contributed by atoms with Crippen molar-refractivity contribution in [1.29, 1.82) is 0 Å². The zero-order valence-electron chi connectivity index (χ0n) is 13.3. The molecule has 0 unspecified atom stereocenters. The number of halogens is 2. The van der Waals surface area contributed by atoms with E-state index in [1.807, 2.05) is 25.1 Å². The molecule has 0 spiro atoms. The number of hydrogen-bond acceptors (Lipinski definition) is 5. The molecule has 0 radical (unpaired) electrons. The normalized spacial score (nSPS) is 10.2. The van der Waals surface area contributed by atoms with Crippen molar-refractivity contribution < 1.29 is 13.6 Å². The van der Waals surface area contributed by atoms with Crippen LogP contribution in [0.4, 0.5) is 30.8 Å². The number of hydrogen-bond donors (Lipinski definition) is 3. The van der Waals surface area contributed by atoms with Gasteiger partial charge in [0.05, 0.1) is 17.6 Å². The molecule has 1 aromatic heterocycles. The van der Waals surface area contributed by atoms with E-state index in [2.05, 4.69) is 26.1 Å². The Labute approximate surface area is 138 Å². The van der Waals surface area contributed by atoms with Gasteiger partial charge in [-0.05, 0) is 12.1 Å². The average Bonchev–Trinajstić information content (AvgIpc) is 2.55. The van der Waals surface area contributed by atoms with Gasteiger partial charge in [-0.3, -0.25) is 0 Å². The van der Waals surface area contributed by atoms with Gasteiger partial charge in [-0.2, -0.15) is 5.10 Å². The van der Waals surface area contributed by atoms with Crippen LogP contribution in [0.15, 0.2) is 30.5 Å². The monoisotopic (exact) mass is 336 g/mol. The van der Waals surface area contributed by atoms with Crippen molar-refractivity contribution in [2.24, 2.45) is 0 Å². The van der Waals surface area contributed by atoms with E-state index >= 15 is 0 Å². The molecule has 0 saturated carbocycles. The van der Waals surface area contributed by atoms with Gasteiger partial charge in [0.1, 0.15) is 11.6 Å². The molecule has 0 saturated heterocycles. The molecule has 0 fully saturated rings. The standard InChI is InChI=1S/C15H18F2N6O/c1-23(2)11-8-14(22-20-9-11)18-5-6-19-15(24)21-13-7-10(16)3-4-12(13)17/h3-4,7-9H,5-6H2,1-2H3,(H,18,22)(H2,19,21,24). The third kappa shape index (κ3) is 5.04. The summed E-state index contributed by atoms with van der Waals surface area (Å²) in [6.45, 7) is 0.654. The molecule has 1 heterocycles. The van der Waals surface area contributed by atoms with Crippen LogP contribution in [-0.2, 0) is 0 Å². The van der Waals surface area contributed by atoms with Crippen LogP contribution in [0.25, 0.3) is 0 Å². The highest BCUT2D eigenvalue weighted by Gasteiger charge is 2.07. The quantitative estimate of drug-likeness (QED) is 0.704. The van der Waals surface area contributed by atoms with E-state index in [9.17, 15) is 13.6 Å². The number of carbonyl (C=O) groups excluding carboxylic acids is 1. The van der Waals surface area contributed by atoms with E-state index < -0.39 is 17.7 Å². The zero-order chi connectivity index (χ0) is 17.5. The third-order valence-corrected chi connectivity index (χ3v) is 3.05. The maximum atomic E-state index is 13.4. The highest BCUT2D eigenvalue weighted by Crippen LogP contribution is 2.15. The molecule has 0 aliphatic heterocycles. The number of rotatable bonds is 6. The third-order valence-electron chi connectivity index (χ3n) is 3.05. The molecule has 0 aliphatic rings. The highest BCUT2D eigenvalue weighted by molar-refractivity contribution is 5.89. The first kappa shape index (κ1) is 17.4. The second-order valence-electron chi connectivity index (χ2n) is 5.13. The molecule has 2 aromatic rings. The second-order valence-corrected chi connectivity index (χ2v) is 5.13. The van der Waals surface area contributed by atoms with Gasteiger partial charge in [0.2, 0.25) is 0 Å². The number of nitrogens with one attached hydrogen (secondary N) is 3. The number of benzene rings is 1. The molecule has 9 heteroatoms. The largest absolute Gasteiger partial charge is 0.376 e. The van der Waals surface area contributed by atoms with Crippen molar-refractivity contribution in [3.8, 4) is 0 Å². The Balaban J connectivity index is 1.77. The summed E-state index contributed by atoms with van der Waals surface area (Å²) in [6.07, 6.45) is 1.63. The molecular weight excluding hydrogens is 318 g/mol. The Kier molecular flexibility index (Phi) is 5.83. The molecule has 0 atom stereocenters. The van der Waals surface area contributed by atoms with Crippen LogP contribution in [-0.4, -0.2) is 43.4 Å². The van der Waals surface area contributed by atoms with Crippen LogP contribution in [0.1, 0.15) is 0 Å². The molecule has 2 amide bonds. The maximum absolute atomic E-state index is 13.4. The van der Waals surface area contributed by atoms with Crippen LogP contribution in [0.5, 0.6) is 0 Å². The number of urea groups is 1. The van der Waals surface area contributed by atoms with E-state index in [-0.39, 0.29) is 12.2 Å². The van der Waals surface area contributed by atoms with E-state index in [4.69, 9.17) is 0 Å². The molecule has 24 heavy (non-hydrogen) atoms. The van der Waals surface area contributed by atoms with Gasteiger partial charge in [-0.15, -0.1) is 5.10 Å². The highest BCUT2D eigenvalue weighted by atomic mass is 19.1. The van der Waals surface area contributed by atoms with Crippen LogP contribution >= 0.6 is 0 Å². The van der Waals surface area contributed by atoms with Crippen molar-refractivity contribution in [2.45, 2.75) is 0 Å². The maximum Gasteiger partial charge on any atom is 0.319 e. The van der Waals surface area contributed by atoms with Crippen molar-refractivity contribution in [3.05, 3.63) is 42.1 Å². The SMILES string of the molecule is CN(C)c1cnnc(NCCNC(=O)Nc2cc(F)ccc2F)c1. The van der Waals surface area contributed by atoms with Crippen molar-refractivity contribution in [1.82, 2.24) is 15.5 Å². The number of amides is 2. The summed E-state index contributed by atoms with van der Waals surface area (Å²) < 4.78 is 26.4. The smallest absolute Gasteiger partial charge is 0.319 e. The fraction of sp³-hybridized carbons (Fsp3) is 0.267. The summed E-state index contributed by atoms with van der Waals surface area (Å²) in [5, 5.41) is 15.6. The zero-order valence-corrected chi connectivity index (χ0v) is 13.3. The van der Waals surface area contributed by atoms with Crippen molar-refractivity contribution in [3.63, 3.8) is 0 Å². The molecule has 0 bridgehead atoms. The molecular formula is C15H18F2N6O. The number of nitrogens with zero attached hydrogens (tertiary/aromatic N) is 3. The number of carbonyl (C=O) groups is 1. The summed E-state index contributed by atoms with van der Waals surface area (Å²) in [7, 11) is 3.77. The van der Waals surface area contributed by atoms with Gasteiger partial charge in [0.15, 0.2) is 5.82 Å². The Hall–Kier alpha value is -2.97. The van der Waals surface area contributed by atoms with Crippen LogP contribution < -0.4 is 20.9 Å². The molecule has 1 aromatic carbocycles. The lowest BCUT2D eigenvalue weighted by atomic mass is 10.3.